The molecule has 1 aliphatic carbocycles. The van der Waals surface area contributed by atoms with Crippen molar-refractivity contribution >= 4 is 23.3 Å². The second kappa shape index (κ2) is 8.19. The molecule has 152 valence electrons. The van der Waals surface area contributed by atoms with Gasteiger partial charge in [0, 0.05) is 23.8 Å². The van der Waals surface area contributed by atoms with Crippen LogP contribution in [0.25, 0.3) is 0 Å². The number of hydrogen-bond donors (Lipinski definition) is 2. The number of fused-ring (bicyclic) bond motifs is 1. The lowest BCUT2D eigenvalue weighted by atomic mass is 10.1. The van der Waals surface area contributed by atoms with E-state index in [4.69, 9.17) is 0 Å². The van der Waals surface area contributed by atoms with Crippen molar-refractivity contribution < 1.29 is 14.4 Å². The molecule has 2 N–H and O–H groups in total. The number of aromatic nitrogens is 2. The monoisotopic (exact) mass is 394 g/mol. The molecule has 0 unspecified atom stereocenters. The maximum Gasteiger partial charge on any atom is 0.291 e. The zero-order valence-corrected chi connectivity index (χ0v) is 16.7. The van der Waals surface area contributed by atoms with E-state index in [9.17, 15) is 14.4 Å². The first-order chi connectivity index (χ1) is 14.0. The lowest BCUT2D eigenvalue weighted by molar-refractivity contribution is 0.0931. The van der Waals surface area contributed by atoms with Crippen molar-refractivity contribution in [2.45, 2.75) is 64.5 Å². The van der Waals surface area contributed by atoms with Gasteiger partial charge >= 0.3 is 0 Å². The van der Waals surface area contributed by atoms with Crippen molar-refractivity contribution in [3.63, 3.8) is 0 Å². The van der Waals surface area contributed by atoms with Gasteiger partial charge in [-0.25, -0.2) is 4.98 Å². The van der Waals surface area contributed by atoms with E-state index in [2.05, 4.69) is 15.6 Å². The Hall–Kier alpha value is -2.96. The van der Waals surface area contributed by atoms with E-state index < -0.39 is 0 Å². The van der Waals surface area contributed by atoms with Crippen LogP contribution < -0.4 is 10.6 Å². The first-order valence-electron chi connectivity index (χ1n) is 10.4. The molecule has 2 heterocycles. The number of carbonyl (C=O) groups is 3. The Morgan fingerprint density at radius 3 is 2.41 bits per heavy atom. The number of hydrogen-bond acceptors (Lipinski definition) is 4. The fourth-order valence-corrected chi connectivity index (χ4v) is 4.20. The molecule has 7 heteroatoms. The molecule has 0 radical (unpaired) electrons. The Kier molecular flexibility index (Phi) is 5.47. The summed E-state index contributed by atoms with van der Waals surface area (Å²) in [4.78, 5) is 41.6. The standard InChI is InChI=1S/C22H26N4O3/c1-14(27)15-9-11-17(12-10-15)24-22(29)20-25-19(18-8-4-5-13-26(18)20)21(28)23-16-6-2-3-7-16/h9-12,16H,2-8,13H2,1H3,(H,23,28)(H,24,29). The molecule has 1 saturated carbocycles. The maximum absolute atomic E-state index is 12.9. The van der Waals surface area contributed by atoms with Gasteiger partial charge in [0.15, 0.2) is 11.6 Å². The predicted octanol–water partition coefficient (Wildman–Crippen LogP) is 3.35. The first kappa shape index (κ1) is 19.4. The molecule has 4 rings (SSSR count). The molecule has 1 aliphatic heterocycles. The van der Waals surface area contributed by atoms with Crippen LogP contribution in [0, 0.1) is 0 Å². The molecule has 1 fully saturated rings. The minimum Gasteiger partial charge on any atom is -0.348 e. The van der Waals surface area contributed by atoms with Gasteiger partial charge in [-0.05, 0) is 63.3 Å². The molecule has 7 nitrogen and oxygen atoms in total. The van der Waals surface area contributed by atoms with Gasteiger partial charge in [0.1, 0.15) is 5.69 Å². The highest BCUT2D eigenvalue weighted by Crippen LogP contribution is 2.23. The number of Topliss-reactive ketones (excluding diaryl/α,β-unsaturated/α-hetero) is 1. The second-order valence-corrected chi connectivity index (χ2v) is 7.88. The van der Waals surface area contributed by atoms with Gasteiger partial charge < -0.3 is 15.2 Å². The molecule has 2 amide bonds. The third kappa shape index (κ3) is 4.09. The van der Waals surface area contributed by atoms with Crippen LogP contribution >= 0.6 is 0 Å². The minimum absolute atomic E-state index is 0.0249. The molecule has 1 aromatic heterocycles. The van der Waals surface area contributed by atoms with Crippen molar-refractivity contribution in [2.24, 2.45) is 0 Å². The summed E-state index contributed by atoms with van der Waals surface area (Å²) in [5.41, 5.74) is 2.41. The third-order valence-corrected chi connectivity index (χ3v) is 5.78. The van der Waals surface area contributed by atoms with Gasteiger partial charge in [-0.15, -0.1) is 0 Å². The van der Waals surface area contributed by atoms with Crippen LogP contribution in [0.2, 0.25) is 0 Å². The van der Waals surface area contributed by atoms with Gasteiger partial charge in [-0.1, -0.05) is 12.8 Å². The van der Waals surface area contributed by atoms with E-state index in [-0.39, 0.29) is 29.5 Å². The Morgan fingerprint density at radius 1 is 1.00 bits per heavy atom. The summed E-state index contributed by atoms with van der Waals surface area (Å²) < 4.78 is 1.88. The summed E-state index contributed by atoms with van der Waals surface area (Å²) in [6, 6.07) is 6.96. The Balaban J connectivity index is 1.56. The summed E-state index contributed by atoms with van der Waals surface area (Å²) in [5, 5.41) is 5.92. The minimum atomic E-state index is -0.344. The zero-order valence-electron chi connectivity index (χ0n) is 16.7. The van der Waals surface area contributed by atoms with Crippen molar-refractivity contribution in [1.82, 2.24) is 14.9 Å². The SMILES string of the molecule is CC(=O)c1ccc(NC(=O)c2nc(C(=O)NC3CCCC3)c3n2CCCC3)cc1. The normalized spacial score (nSPS) is 16.3. The van der Waals surface area contributed by atoms with E-state index >= 15 is 0 Å². The number of rotatable bonds is 5. The molecule has 29 heavy (non-hydrogen) atoms. The maximum atomic E-state index is 12.9. The van der Waals surface area contributed by atoms with Gasteiger partial charge in [-0.3, -0.25) is 14.4 Å². The van der Waals surface area contributed by atoms with Crippen LogP contribution in [-0.4, -0.2) is 33.2 Å². The summed E-state index contributed by atoms with van der Waals surface area (Å²) in [7, 11) is 0. The van der Waals surface area contributed by atoms with Crippen LogP contribution in [0.5, 0.6) is 0 Å². The van der Waals surface area contributed by atoms with E-state index in [1.807, 2.05) is 4.57 Å². The average Bonchev–Trinajstić information content (AvgIpc) is 3.36. The number of anilines is 1. The first-order valence-corrected chi connectivity index (χ1v) is 10.4. The largest absolute Gasteiger partial charge is 0.348 e. The van der Waals surface area contributed by atoms with E-state index in [1.54, 1.807) is 24.3 Å². The highest BCUT2D eigenvalue weighted by molar-refractivity contribution is 6.04. The van der Waals surface area contributed by atoms with Gasteiger partial charge in [0.25, 0.3) is 11.8 Å². The fraction of sp³-hybridized carbons (Fsp3) is 0.455. The lowest BCUT2D eigenvalue weighted by Gasteiger charge is -2.17. The van der Waals surface area contributed by atoms with Crippen molar-refractivity contribution in [2.75, 3.05) is 5.32 Å². The molecule has 0 atom stereocenters. The van der Waals surface area contributed by atoms with Gasteiger partial charge in [-0.2, -0.15) is 0 Å². The molecule has 1 aromatic carbocycles. The Labute approximate surface area is 169 Å². The highest BCUT2D eigenvalue weighted by atomic mass is 16.2. The number of nitrogens with one attached hydrogen (secondary N) is 2. The molecular formula is C22H26N4O3. The molecular weight excluding hydrogens is 368 g/mol. The quantitative estimate of drug-likeness (QED) is 0.761. The smallest absolute Gasteiger partial charge is 0.291 e. The summed E-state index contributed by atoms with van der Waals surface area (Å²) in [6.45, 7) is 2.19. The number of imidazole rings is 1. The molecule has 2 aliphatic rings. The van der Waals surface area contributed by atoms with Crippen molar-refractivity contribution in [3.05, 3.63) is 47.0 Å². The highest BCUT2D eigenvalue weighted by Gasteiger charge is 2.29. The number of nitrogens with zero attached hydrogens (tertiary/aromatic N) is 2. The summed E-state index contributed by atoms with van der Waals surface area (Å²) in [5.74, 6) is -0.272. The van der Waals surface area contributed by atoms with Crippen LogP contribution in [0.4, 0.5) is 5.69 Å². The Bertz CT molecular complexity index is 940. The van der Waals surface area contributed by atoms with Gasteiger partial charge in [0.05, 0.1) is 5.69 Å². The van der Waals surface area contributed by atoms with Crippen LogP contribution in [0.1, 0.15) is 82.6 Å². The fourth-order valence-electron chi connectivity index (χ4n) is 4.20. The summed E-state index contributed by atoms with van der Waals surface area (Å²) >= 11 is 0. The number of carbonyl (C=O) groups excluding carboxylic acids is 3. The molecule has 0 spiro atoms. The van der Waals surface area contributed by atoms with Gasteiger partial charge in [0.2, 0.25) is 0 Å². The number of benzene rings is 1. The van der Waals surface area contributed by atoms with Crippen LogP contribution in [-0.2, 0) is 13.0 Å². The molecule has 0 saturated heterocycles. The van der Waals surface area contributed by atoms with Crippen molar-refractivity contribution in [1.29, 1.82) is 0 Å². The van der Waals surface area contributed by atoms with Crippen LogP contribution in [0.15, 0.2) is 24.3 Å². The number of ketones is 1. The molecule has 0 bridgehead atoms. The van der Waals surface area contributed by atoms with E-state index in [1.165, 1.54) is 6.92 Å². The third-order valence-electron chi connectivity index (χ3n) is 5.78. The van der Waals surface area contributed by atoms with Crippen molar-refractivity contribution in [3.8, 4) is 0 Å². The lowest BCUT2D eigenvalue weighted by Crippen LogP contribution is -2.33. The average molecular weight is 394 g/mol. The topological polar surface area (TPSA) is 93.1 Å². The van der Waals surface area contributed by atoms with E-state index in [0.717, 1.165) is 50.6 Å². The predicted molar refractivity (Wildman–Crippen MR) is 109 cm³/mol. The molecule has 2 aromatic rings. The summed E-state index contributed by atoms with van der Waals surface area (Å²) in [6.07, 6.45) is 6.99. The second-order valence-electron chi connectivity index (χ2n) is 7.88. The number of amides is 2. The van der Waals surface area contributed by atoms with E-state index in [0.29, 0.717) is 23.5 Å². The zero-order chi connectivity index (χ0) is 20.4. The Morgan fingerprint density at radius 2 is 1.72 bits per heavy atom. The van der Waals surface area contributed by atoms with Crippen LogP contribution in [0.3, 0.4) is 0 Å².